The average Bonchev–Trinajstić information content (AvgIpc) is 2.92. The number of fused-ring (bicyclic) bond motifs is 1. The predicted octanol–water partition coefficient (Wildman–Crippen LogP) is 4.36. The van der Waals surface area contributed by atoms with Crippen LogP contribution in [-0.4, -0.2) is 73.3 Å². The molecule has 0 radical (unpaired) electrons. The van der Waals surface area contributed by atoms with Crippen LogP contribution in [0.5, 0.6) is 0 Å². The zero-order chi connectivity index (χ0) is 24.0. The monoisotopic (exact) mass is 473 g/mol. The Bertz CT molecular complexity index is 1140. The van der Waals surface area contributed by atoms with Crippen molar-refractivity contribution in [2.45, 2.75) is 32.6 Å². The lowest BCUT2D eigenvalue weighted by atomic mass is 10.0. The molecule has 1 aromatic carbocycles. The van der Waals surface area contributed by atoms with Crippen molar-refractivity contribution in [1.82, 2.24) is 14.9 Å². The van der Waals surface area contributed by atoms with Gasteiger partial charge in [0.05, 0.1) is 13.0 Å². The molecule has 4 heterocycles. The summed E-state index contributed by atoms with van der Waals surface area (Å²) in [6.07, 6.45) is 4.16. The van der Waals surface area contributed by atoms with Crippen molar-refractivity contribution in [2.24, 2.45) is 0 Å². The summed E-state index contributed by atoms with van der Waals surface area (Å²) in [6, 6.07) is 17.1. The average molecular weight is 474 g/mol. The second kappa shape index (κ2) is 11.0. The Labute approximate surface area is 207 Å². The molecule has 0 saturated carbocycles. The van der Waals surface area contributed by atoms with Gasteiger partial charge in [-0.15, -0.1) is 0 Å². The summed E-state index contributed by atoms with van der Waals surface area (Å²) in [7, 11) is 0. The second-order valence-electron chi connectivity index (χ2n) is 9.37. The first kappa shape index (κ1) is 23.5. The Morgan fingerprint density at radius 2 is 1.66 bits per heavy atom. The molecule has 2 aliphatic heterocycles. The lowest BCUT2D eigenvalue weighted by Gasteiger charge is -2.35. The van der Waals surface area contributed by atoms with Crippen molar-refractivity contribution < 1.29 is 9.53 Å². The first-order valence-electron chi connectivity index (χ1n) is 13.0. The van der Waals surface area contributed by atoms with Crippen LogP contribution < -0.4 is 9.80 Å². The van der Waals surface area contributed by atoms with Gasteiger partial charge in [-0.05, 0) is 49.9 Å². The van der Waals surface area contributed by atoms with Crippen molar-refractivity contribution in [2.75, 3.05) is 62.2 Å². The first-order valence-corrected chi connectivity index (χ1v) is 13.0. The van der Waals surface area contributed by atoms with E-state index in [9.17, 15) is 4.79 Å². The fraction of sp³-hybridized carbons (Fsp3) is 0.464. The number of ether oxygens (including phenoxy) is 1. The Morgan fingerprint density at radius 3 is 2.40 bits per heavy atom. The molecule has 0 N–H and O–H groups in total. The van der Waals surface area contributed by atoms with E-state index < -0.39 is 0 Å². The molecule has 0 atom stereocenters. The van der Waals surface area contributed by atoms with E-state index in [1.165, 1.54) is 30.4 Å². The molecule has 0 unspecified atom stereocenters. The van der Waals surface area contributed by atoms with Crippen molar-refractivity contribution in [3.05, 3.63) is 48.5 Å². The molecule has 0 aliphatic carbocycles. The molecule has 0 spiro atoms. The van der Waals surface area contributed by atoms with E-state index in [1.54, 1.807) is 0 Å². The standard InChI is InChI=1S/C28H35N5O2/c1-2-35-26(34)13-16-31-17-19-32(20-18-31)25-12-11-23-21-24(22-9-5-3-6-10-22)28(30-27(23)29-25)33-14-7-4-8-15-33/h3,5-6,9-12,21H,2,4,7-8,13-20H2,1H3. The second-order valence-corrected chi connectivity index (χ2v) is 9.37. The number of hydrogen-bond acceptors (Lipinski definition) is 7. The number of hydrogen-bond donors (Lipinski definition) is 0. The number of carbonyl (C=O) groups is 1. The SMILES string of the molecule is CCOC(=O)CCN1CCN(c2ccc3cc(-c4ccccc4)c(N4CCCCC4)nc3n2)CC1. The molecule has 7 nitrogen and oxygen atoms in total. The van der Waals surface area contributed by atoms with E-state index in [0.717, 1.165) is 68.5 Å². The number of piperazine rings is 1. The zero-order valence-corrected chi connectivity index (χ0v) is 20.7. The molecule has 0 amide bonds. The maximum absolute atomic E-state index is 11.7. The molecule has 2 aliphatic rings. The van der Waals surface area contributed by atoms with Gasteiger partial charge in [-0.25, -0.2) is 9.97 Å². The summed E-state index contributed by atoms with van der Waals surface area (Å²) in [6.45, 7) is 8.75. The molecule has 2 aromatic heterocycles. The molecule has 7 heteroatoms. The molecular weight excluding hydrogens is 438 g/mol. The number of nitrogens with zero attached hydrogens (tertiary/aromatic N) is 5. The first-order chi connectivity index (χ1) is 17.2. The molecule has 35 heavy (non-hydrogen) atoms. The van der Waals surface area contributed by atoms with Crippen LogP contribution in [-0.2, 0) is 9.53 Å². The van der Waals surface area contributed by atoms with E-state index in [1.807, 2.05) is 6.92 Å². The molecule has 2 saturated heterocycles. The van der Waals surface area contributed by atoms with Crippen LogP contribution in [0.1, 0.15) is 32.6 Å². The maximum Gasteiger partial charge on any atom is 0.307 e. The van der Waals surface area contributed by atoms with Gasteiger partial charge in [0.2, 0.25) is 0 Å². The molecule has 3 aromatic rings. The number of pyridine rings is 2. The van der Waals surface area contributed by atoms with Gasteiger partial charge in [0.1, 0.15) is 11.6 Å². The fourth-order valence-electron chi connectivity index (χ4n) is 5.07. The van der Waals surface area contributed by atoms with Gasteiger partial charge in [-0.3, -0.25) is 9.69 Å². The Kier molecular flexibility index (Phi) is 7.42. The summed E-state index contributed by atoms with van der Waals surface area (Å²) >= 11 is 0. The number of piperidine rings is 1. The molecule has 5 rings (SSSR count). The van der Waals surface area contributed by atoms with Gasteiger partial charge < -0.3 is 14.5 Å². The molecule has 2 fully saturated rings. The highest BCUT2D eigenvalue weighted by Gasteiger charge is 2.21. The number of rotatable bonds is 7. The smallest absolute Gasteiger partial charge is 0.307 e. The van der Waals surface area contributed by atoms with Gasteiger partial charge in [0.15, 0.2) is 5.65 Å². The Hall–Kier alpha value is -3.19. The fourth-order valence-corrected chi connectivity index (χ4v) is 5.07. The van der Waals surface area contributed by atoms with Crippen LogP contribution in [0, 0.1) is 0 Å². The summed E-state index contributed by atoms with van der Waals surface area (Å²) in [5.41, 5.74) is 3.20. The van der Waals surface area contributed by atoms with Crippen molar-refractivity contribution in [3.63, 3.8) is 0 Å². The molecular formula is C28H35N5O2. The summed E-state index contributed by atoms with van der Waals surface area (Å²) in [4.78, 5) is 28.9. The van der Waals surface area contributed by atoms with Gasteiger partial charge in [-0.1, -0.05) is 30.3 Å². The Balaban J connectivity index is 1.36. The molecule has 184 valence electrons. The third-order valence-electron chi connectivity index (χ3n) is 7.02. The van der Waals surface area contributed by atoms with E-state index in [0.29, 0.717) is 13.0 Å². The van der Waals surface area contributed by atoms with Crippen LogP contribution in [0.2, 0.25) is 0 Å². The topological polar surface area (TPSA) is 61.8 Å². The van der Waals surface area contributed by atoms with Crippen LogP contribution >= 0.6 is 0 Å². The Morgan fingerprint density at radius 1 is 0.886 bits per heavy atom. The summed E-state index contributed by atoms with van der Waals surface area (Å²) in [5, 5.41) is 1.07. The van der Waals surface area contributed by atoms with Crippen LogP contribution in [0.4, 0.5) is 11.6 Å². The third kappa shape index (κ3) is 5.56. The third-order valence-corrected chi connectivity index (χ3v) is 7.02. The van der Waals surface area contributed by atoms with Crippen LogP contribution in [0.25, 0.3) is 22.2 Å². The molecule has 0 bridgehead atoms. The highest BCUT2D eigenvalue weighted by atomic mass is 16.5. The van der Waals surface area contributed by atoms with Gasteiger partial charge >= 0.3 is 5.97 Å². The number of benzene rings is 1. The lowest BCUT2D eigenvalue weighted by Crippen LogP contribution is -2.47. The lowest BCUT2D eigenvalue weighted by molar-refractivity contribution is -0.143. The highest BCUT2D eigenvalue weighted by molar-refractivity contribution is 5.88. The summed E-state index contributed by atoms with van der Waals surface area (Å²) < 4.78 is 5.06. The van der Waals surface area contributed by atoms with Crippen LogP contribution in [0.15, 0.2) is 48.5 Å². The minimum absolute atomic E-state index is 0.114. The number of anilines is 2. The number of aromatic nitrogens is 2. The number of carbonyl (C=O) groups excluding carboxylic acids is 1. The normalized spacial score (nSPS) is 17.1. The van der Waals surface area contributed by atoms with Gasteiger partial charge in [0.25, 0.3) is 0 Å². The van der Waals surface area contributed by atoms with Crippen molar-refractivity contribution >= 4 is 28.6 Å². The minimum Gasteiger partial charge on any atom is -0.466 e. The largest absolute Gasteiger partial charge is 0.466 e. The quantitative estimate of drug-likeness (QED) is 0.473. The van der Waals surface area contributed by atoms with E-state index in [2.05, 4.69) is 63.2 Å². The highest BCUT2D eigenvalue weighted by Crippen LogP contribution is 2.34. The van der Waals surface area contributed by atoms with Gasteiger partial charge in [0, 0.05) is 56.8 Å². The van der Waals surface area contributed by atoms with E-state index in [4.69, 9.17) is 14.7 Å². The number of esters is 1. The predicted molar refractivity (Wildman–Crippen MR) is 141 cm³/mol. The maximum atomic E-state index is 11.7. The van der Waals surface area contributed by atoms with Crippen molar-refractivity contribution in [1.29, 1.82) is 0 Å². The zero-order valence-electron chi connectivity index (χ0n) is 20.7. The van der Waals surface area contributed by atoms with E-state index >= 15 is 0 Å². The van der Waals surface area contributed by atoms with E-state index in [-0.39, 0.29) is 5.97 Å². The van der Waals surface area contributed by atoms with Gasteiger partial charge in [-0.2, -0.15) is 0 Å². The minimum atomic E-state index is -0.114. The van der Waals surface area contributed by atoms with Crippen molar-refractivity contribution in [3.8, 4) is 11.1 Å². The summed E-state index contributed by atoms with van der Waals surface area (Å²) in [5.74, 6) is 1.92. The van der Waals surface area contributed by atoms with Crippen LogP contribution in [0.3, 0.4) is 0 Å².